The van der Waals surface area contributed by atoms with Gasteiger partial charge in [0.25, 0.3) is 0 Å². The van der Waals surface area contributed by atoms with E-state index in [1.54, 1.807) is 0 Å². The molecule has 0 unspecified atom stereocenters. The molecule has 0 N–H and O–H groups in total. The summed E-state index contributed by atoms with van der Waals surface area (Å²) in [6, 6.07) is 8.63. The van der Waals surface area contributed by atoms with Crippen LogP contribution in [0.3, 0.4) is 0 Å². The van der Waals surface area contributed by atoms with Gasteiger partial charge in [-0.05, 0) is 18.7 Å². The minimum atomic E-state index is 1.10. The van der Waals surface area contributed by atoms with Crippen LogP contribution < -0.4 is 0 Å². The summed E-state index contributed by atoms with van der Waals surface area (Å²) >= 11 is 1.92. The fraction of sp³-hybridized carbons (Fsp3) is 0.333. The van der Waals surface area contributed by atoms with E-state index in [1.165, 1.54) is 10.5 Å². The van der Waals surface area contributed by atoms with E-state index in [4.69, 9.17) is 0 Å². The van der Waals surface area contributed by atoms with Crippen LogP contribution in [0.25, 0.3) is 0 Å². The maximum Gasteiger partial charge on any atom is 0.0492 e. The summed E-state index contributed by atoms with van der Waals surface area (Å²) in [4.78, 5) is 3.78. The molecule has 1 aromatic carbocycles. The zero-order chi connectivity index (χ0) is 7.68. The first-order valence-electron chi connectivity index (χ1n) is 3.75. The van der Waals surface area contributed by atoms with E-state index in [0.717, 1.165) is 12.4 Å². The summed E-state index contributed by atoms with van der Waals surface area (Å²) in [7, 11) is 2.16. The molecule has 0 fully saturated rings. The summed E-state index contributed by atoms with van der Waals surface area (Å²) in [6.07, 6.45) is 0. The maximum atomic E-state index is 2.33. The molecule has 1 nitrogen and oxygen atoms in total. The van der Waals surface area contributed by atoms with E-state index in [0.29, 0.717) is 0 Å². The normalized spacial score (nSPS) is 17.9. The second kappa shape index (κ2) is 2.88. The van der Waals surface area contributed by atoms with Crippen molar-refractivity contribution in [1.82, 2.24) is 4.90 Å². The summed E-state index contributed by atoms with van der Waals surface area (Å²) in [6.45, 7) is 1.10. The smallest absolute Gasteiger partial charge is 0.0492 e. The molecule has 1 aliphatic rings. The third-order valence-electron chi connectivity index (χ3n) is 1.85. The predicted molar refractivity (Wildman–Crippen MR) is 48.6 cm³/mol. The Labute approximate surface area is 71.4 Å². The molecule has 0 radical (unpaired) electrons. The van der Waals surface area contributed by atoms with Gasteiger partial charge in [-0.3, -0.25) is 4.90 Å². The van der Waals surface area contributed by atoms with Gasteiger partial charge >= 0.3 is 0 Å². The van der Waals surface area contributed by atoms with Crippen LogP contribution in [0.1, 0.15) is 5.56 Å². The molecule has 0 aliphatic carbocycles. The molecule has 0 saturated carbocycles. The van der Waals surface area contributed by atoms with Gasteiger partial charge in [-0.15, -0.1) is 11.8 Å². The number of hydrogen-bond acceptors (Lipinski definition) is 2. The minimum absolute atomic E-state index is 1.10. The summed E-state index contributed by atoms with van der Waals surface area (Å²) in [5, 5.41) is 0. The molecule has 0 saturated heterocycles. The molecular formula is C9H11NS. The molecule has 2 heteroatoms. The predicted octanol–water partition coefficient (Wildman–Crippen LogP) is 2.18. The number of thioether (sulfide) groups is 1. The Morgan fingerprint density at radius 1 is 1.36 bits per heavy atom. The monoisotopic (exact) mass is 165 g/mol. The molecule has 58 valence electrons. The van der Waals surface area contributed by atoms with Crippen molar-refractivity contribution in [3.8, 4) is 0 Å². The highest BCUT2D eigenvalue weighted by Gasteiger charge is 2.11. The molecule has 1 aromatic rings. The van der Waals surface area contributed by atoms with Gasteiger partial charge in [0.05, 0.1) is 0 Å². The van der Waals surface area contributed by atoms with Crippen LogP contribution in [-0.4, -0.2) is 17.8 Å². The van der Waals surface area contributed by atoms with Crippen LogP contribution in [0.5, 0.6) is 0 Å². The number of nitrogens with zero attached hydrogens (tertiary/aromatic N) is 1. The van der Waals surface area contributed by atoms with Crippen molar-refractivity contribution in [1.29, 1.82) is 0 Å². The van der Waals surface area contributed by atoms with Crippen LogP contribution in [-0.2, 0) is 6.54 Å². The van der Waals surface area contributed by atoms with E-state index < -0.39 is 0 Å². The largest absolute Gasteiger partial charge is 0.293 e. The minimum Gasteiger partial charge on any atom is -0.293 e. The first kappa shape index (κ1) is 7.19. The molecule has 0 aromatic heterocycles. The molecule has 1 aliphatic heterocycles. The number of hydrogen-bond donors (Lipinski definition) is 0. The topological polar surface area (TPSA) is 3.24 Å². The van der Waals surface area contributed by atoms with Gasteiger partial charge in [0.15, 0.2) is 0 Å². The highest BCUT2D eigenvalue weighted by atomic mass is 32.2. The second-order valence-corrected chi connectivity index (χ2v) is 3.88. The van der Waals surface area contributed by atoms with Crippen molar-refractivity contribution in [3.63, 3.8) is 0 Å². The lowest BCUT2D eigenvalue weighted by Crippen LogP contribution is -2.20. The van der Waals surface area contributed by atoms with Crippen LogP contribution in [0.4, 0.5) is 0 Å². The van der Waals surface area contributed by atoms with Crippen molar-refractivity contribution in [2.75, 3.05) is 12.9 Å². The lowest BCUT2D eigenvalue weighted by molar-refractivity contribution is 0.376. The first-order valence-corrected chi connectivity index (χ1v) is 4.74. The molecular weight excluding hydrogens is 154 g/mol. The van der Waals surface area contributed by atoms with Crippen LogP contribution in [0, 0.1) is 0 Å². The van der Waals surface area contributed by atoms with Crippen LogP contribution in [0.2, 0.25) is 0 Å². The summed E-state index contributed by atoms with van der Waals surface area (Å²) < 4.78 is 0. The van der Waals surface area contributed by atoms with E-state index in [1.807, 2.05) is 11.8 Å². The zero-order valence-electron chi connectivity index (χ0n) is 6.58. The highest BCUT2D eigenvalue weighted by Crippen LogP contribution is 2.28. The molecule has 2 rings (SSSR count). The maximum absolute atomic E-state index is 2.33. The second-order valence-electron chi connectivity index (χ2n) is 2.90. The first-order chi connectivity index (χ1) is 5.36. The standard InChI is InChI=1S/C9H11NS/c1-10-6-8-4-2-3-5-9(8)11-7-10/h2-5H,6-7H2,1H3. The fourth-order valence-electron chi connectivity index (χ4n) is 1.29. The Kier molecular flexibility index (Phi) is 1.88. The van der Waals surface area contributed by atoms with E-state index in [2.05, 4.69) is 36.2 Å². The molecule has 11 heavy (non-hydrogen) atoms. The highest BCUT2D eigenvalue weighted by molar-refractivity contribution is 7.99. The van der Waals surface area contributed by atoms with Crippen molar-refractivity contribution >= 4 is 11.8 Å². The SMILES string of the molecule is CN1CSc2ccccc2C1. The van der Waals surface area contributed by atoms with Gasteiger partial charge < -0.3 is 0 Å². The van der Waals surface area contributed by atoms with Crippen LogP contribution in [0.15, 0.2) is 29.2 Å². The fourth-order valence-corrected chi connectivity index (χ4v) is 2.23. The Bertz CT molecular complexity index is 259. The van der Waals surface area contributed by atoms with Gasteiger partial charge in [0.1, 0.15) is 0 Å². The molecule has 0 amide bonds. The van der Waals surface area contributed by atoms with E-state index in [-0.39, 0.29) is 0 Å². The Hall–Kier alpha value is -0.470. The summed E-state index contributed by atoms with van der Waals surface area (Å²) in [5.41, 5.74) is 1.46. The van der Waals surface area contributed by atoms with Crippen LogP contribution >= 0.6 is 11.8 Å². The van der Waals surface area contributed by atoms with Gasteiger partial charge in [-0.1, -0.05) is 18.2 Å². The molecule has 0 atom stereocenters. The average Bonchev–Trinajstić information content (AvgIpc) is 2.04. The Morgan fingerprint density at radius 3 is 3.09 bits per heavy atom. The van der Waals surface area contributed by atoms with E-state index >= 15 is 0 Å². The van der Waals surface area contributed by atoms with Crippen molar-refractivity contribution in [3.05, 3.63) is 29.8 Å². The zero-order valence-corrected chi connectivity index (χ0v) is 7.40. The van der Waals surface area contributed by atoms with Crippen molar-refractivity contribution < 1.29 is 0 Å². The van der Waals surface area contributed by atoms with Crippen molar-refractivity contribution in [2.45, 2.75) is 11.4 Å². The quantitative estimate of drug-likeness (QED) is 0.579. The van der Waals surface area contributed by atoms with E-state index in [9.17, 15) is 0 Å². The molecule has 1 heterocycles. The number of benzene rings is 1. The Morgan fingerprint density at radius 2 is 2.18 bits per heavy atom. The molecule has 0 spiro atoms. The lowest BCUT2D eigenvalue weighted by atomic mass is 10.2. The summed E-state index contributed by atoms with van der Waals surface area (Å²) in [5.74, 6) is 1.12. The third kappa shape index (κ3) is 1.42. The lowest BCUT2D eigenvalue weighted by Gasteiger charge is -2.23. The van der Waals surface area contributed by atoms with Gasteiger partial charge in [-0.25, -0.2) is 0 Å². The number of rotatable bonds is 0. The average molecular weight is 165 g/mol. The molecule has 0 bridgehead atoms. The van der Waals surface area contributed by atoms with Gasteiger partial charge in [0, 0.05) is 17.3 Å². The van der Waals surface area contributed by atoms with Gasteiger partial charge in [0.2, 0.25) is 0 Å². The Balaban J connectivity index is 2.34. The third-order valence-corrected chi connectivity index (χ3v) is 3.13. The number of fused-ring (bicyclic) bond motifs is 1. The van der Waals surface area contributed by atoms with Crippen molar-refractivity contribution in [2.24, 2.45) is 0 Å². The van der Waals surface area contributed by atoms with Gasteiger partial charge in [-0.2, -0.15) is 0 Å².